The molecule has 2 aromatic carbocycles. The monoisotopic (exact) mass is 566 g/mol. The Hall–Kier alpha value is -3.50. The second-order valence-electron chi connectivity index (χ2n) is 9.27. The third kappa shape index (κ3) is 4.78. The van der Waals surface area contributed by atoms with Crippen molar-refractivity contribution in [3.63, 3.8) is 0 Å². The lowest BCUT2D eigenvalue weighted by molar-refractivity contribution is 0.465. The number of allylic oxidation sites excluding steroid dienone is 1. The van der Waals surface area contributed by atoms with Crippen molar-refractivity contribution in [2.75, 3.05) is 18.0 Å². The number of nitrogens with two attached hydrogens (primary N) is 1. The van der Waals surface area contributed by atoms with Crippen molar-refractivity contribution in [1.29, 1.82) is 0 Å². The van der Waals surface area contributed by atoms with Crippen LogP contribution in [0.2, 0.25) is 0 Å². The van der Waals surface area contributed by atoms with E-state index >= 15 is 0 Å². The summed E-state index contributed by atoms with van der Waals surface area (Å²) in [5.41, 5.74) is 6.92. The van der Waals surface area contributed by atoms with E-state index in [2.05, 4.69) is 22.5 Å². The van der Waals surface area contributed by atoms with Crippen molar-refractivity contribution < 1.29 is 4.39 Å². The zero-order chi connectivity index (χ0) is 26.1. The molecule has 0 saturated carbocycles. The van der Waals surface area contributed by atoms with E-state index in [0.29, 0.717) is 24.6 Å². The minimum atomic E-state index is -0.447. The molecule has 0 spiro atoms. The smallest absolute Gasteiger partial charge is 0.293 e. The molecule has 0 radical (unpaired) electrons. The third-order valence-electron chi connectivity index (χ3n) is 6.72. The summed E-state index contributed by atoms with van der Waals surface area (Å²) in [6.07, 6.45) is 3.33. The van der Waals surface area contributed by atoms with Crippen molar-refractivity contribution in [3.8, 4) is 0 Å². The van der Waals surface area contributed by atoms with Crippen LogP contribution in [0.25, 0.3) is 11.0 Å². The molecule has 8 nitrogen and oxygen atoms in total. The molecule has 1 saturated heterocycles. The van der Waals surface area contributed by atoms with Gasteiger partial charge < -0.3 is 15.2 Å². The van der Waals surface area contributed by atoms with Crippen LogP contribution in [0, 0.1) is 5.82 Å². The molecule has 4 aromatic rings. The Labute approximate surface area is 221 Å². The zero-order valence-corrected chi connectivity index (χ0v) is 21.9. The maximum Gasteiger partial charge on any atom is 0.293 e. The average Bonchev–Trinajstić information content (AvgIpc) is 3.27. The van der Waals surface area contributed by atoms with E-state index < -0.39 is 16.9 Å². The minimum absolute atomic E-state index is 0.0272. The summed E-state index contributed by atoms with van der Waals surface area (Å²) in [6, 6.07) is 13.9. The van der Waals surface area contributed by atoms with Crippen LogP contribution >= 0.6 is 15.9 Å². The number of rotatable bonds is 7. The van der Waals surface area contributed by atoms with Gasteiger partial charge in [0.25, 0.3) is 11.1 Å². The molecule has 1 aliphatic rings. The SMILES string of the molecule is C=CCn1c(=O)c2nc(N3CCCC(N)C3)n(Cc3ccccc3Br)c2c(=O)n1Cc1ccccc1F. The van der Waals surface area contributed by atoms with E-state index in [1.54, 1.807) is 22.8 Å². The van der Waals surface area contributed by atoms with Crippen LogP contribution in [0.5, 0.6) is 0 Å². The van der Waals surface area contributed by atoms with Gasteiger partial charge in [-0.1, -0.05) is 58.4 Å². The molecule has 192 valence electrons. The molecular weight excluding hydrogens is 539 g/mol. The Bertz CT molecular complexity index is 1590. The number of aromatic nitrogens is 4. The van der Waals surface area contributed by atoms with Gasteiger partial charge in [-0.05, 0) is 30.5 Å². The number of piperidine rings is 1. The highest BCUT2D eigenvalue weighted by molar-refractivity contribution is 9.10. The zero-order valence-electron chi connectivity index (χ0n) is 20.3. The third-order valence-corrected chi connectivity index (χ3v) is 7.49. The Morgan fingerprint density at radius 3 is 2.49 bits per heavy atom. The summed E-state index contributed by atoms with van der Waals surface area (Å²) >= 11 is 3.60. The Balaban J connectivity index is 1.78. The van der Waals surface area contributed by atoms with Crippen LogP contribution in [0.4, 0.5) is 10.3 Å². The van der Waals surface area contributed by atoms with E-state index in [1.807, 2.05) is 29.2 Å². The average molecular weight is 567 g/mol. The van der Waals surface area contributed by atoms with Crippen LogP contribution in [-0.2, 0) is 19.6 Å². The first-order valence-corrected chi connectivity index (χ1v) is 13.0. The molecule has 0 bridgehead atoms. The summed E-state index contributed by atoms with van der Waals surface area (Å²) in [6.45, 7) is 5.33. The van der Waals surface area contributed by atoms with E-state index in [1.165, 1.54) is 21.5 Å². The quantitative estimate of drug-likeness (QED) is 0.346. The predicted molar refractivity (Wildman–Crippen MR) is 147 cm³/mol. The fourth-order valence-electron chi connectivity index (χ4n) is 4.90. The largest absolute Gasteiger partial charge is 0.341 e. The van der Waals surface area contributed by atoms with Crippen molar-refractivity contribution in [3.05, 3.63) is 103 Å². The fourth-order valence-corrected chi connectivity index (χ4v) is 5.31. The maximum absolute atomic E-state index is 14.6. The van der Waals surface area contributed by atoms with E-state index in [0.717, 1.165) is 29.4 Å². The summed E-state index contributed by atoms with van der Waals surface area (Å²) in [5, 5.41) is 0. The van der Waals surface area contributed by atoms with Gasteiger partial charge in [-0.25, -0.2) is 18.7 Å². The van der Waals surface area contributed by atoms with Gasteiger partial charge in [-0.15, -0.1) is 6.58 Å². The molecule has 1 atom stereocenters. The number of benzene rings is 2. The number of imidazole rings is 1. The fraction of sp³-hybridized carbons (Fsp3) is 0.296. The van der Waals surface area contributed by atoms with Gasteiger partial charge in [0.15, 0.2) is 5.52 Å². The molecule has 0 aliphatic carbocycles. The van der Waals surface area contributed by atoms with Gasteiger partial charge in [0.1, 0.15) is 11.3 Å². The van der Waals surface area contributed by atoms with Gasteiger partial charge in [0.2, 0.25) is 5.95 Å². The summed E-state index contributed by atoms with van der Waals surface area (Å²) in [5.74, 6) is 0.0840. The summed E-state index contributed by atoms with van der Waals surface area (Å²) in [4.78, 5) is 34.6. The predicted octanol–water partition coefficient (Wildman–Crippen LogP) is 3.47. The van der Waals surface area contributed by atoms with Crippen molar-refractivity contribution >= 4 is 32.9 Å². The molecule has 2 N–H and O–H groups in total. The first-order valence-electron chi connectivity index (χ1n) is 12.2. The number of hydrogen-bond acceptors (Lipinski definition) is 5. The normalized spacial score (nSPS) is 15.9. The lowest BCUT2D eigenvalue weighted by Gasteiger charge is -2.32. The first-order chi connectivity index (χ1) is 17.9. The highest BCUT2D eigenvalue weighted by Gasteiger charge is 2.27. The van der Waals surface area contributed by atoms with Crippen LogP contribution < -0.4 is 21.8 Å². The standard InChI is InChI=1S/C27H28BrFN6O2/c1-2-13-34-25(36)23-24(26(37)35(34)16-19-9-4-6-12-22(19)29)33(15-18-8-3-5-11-21(18)28)27(31-23)32-14-7-10-20(30)17-32/h2-6,8-9,11-12,20H,1,7,10,13-17,30H2. The number of fused-ring (bicyclic) bond motifs is 1. The topological polar surface area (TPSA) is 91.1 Å². The number of hydrogen-bond donors (Lipinski definition) is 1. The molecule has 3 heterocycles. The second-order valence-corrected chi connectivity index (χ2v) is 10.1. The van der Waals surface area contributed by atoms with Crippen molar-refractivity contribution in [2.45, 2.75) is 38.5 Å². The van der Waals surface area contributed by atoms with E-state index in [-0.39, 0.29) is 30.2 Å². The Morgan fingerprint density at radius 1 is 1.05 bits per heavy atom. The highest BCUT2D eigenvalue weighted by atomic mass is 79.9. The number of anilines is 1. The molecule has 1 unspecified atom stereocenters. The molecule has 37 heavy (non-hydrogen) atoms. The number of halogens is 2. The second kappa shape index (κ2) is 10.5. The molecule has 2 aromatic heterocycles. The summed E-state index contributed by atoms with van der Waals surface area (Å²) < 4.78 is 19.8. The molecule has 5 rings (SSSR count). The van der Waals surface area contributed by atoms with Gasteiger partial charge in [-0.2, -0.15) is 0 Å². The Kier molecular flexibility index (Phi) is 7.12. The van der Waals surface area contributed by atoms with Crippen molar-refractivity contribution in [1.82, 2.24) is 18.9 Å². The summed E-state index contributed by atoms with van der Waals surface area (Å²) in [7, 11) is 0. The van der Waals surface area contributed by atoms with Crippen LogP contribution in [0.15, 0.2) is 75.2 Å². The Morgan fingerprint density at radius 2 is 1.78 bits per heavy atom. The van der Waals surface area contributed by atoms with Crippen LogP contribution in [0.1, 0.15) is 24.0 Å². The van der Waals surface area contributed by atoms with Crippen molar-refractivity contribution in [2.24, 2.45) is 5.73 Å². The molecule has 10 heteroatoms. The van der Waals surface area contributed by atoms with Gasteiger partial charge in [0.05, 0.1) is 19.6 Å². The highest BCUT2D eigenvalue weighted by Crippen LogP contribution is 2.26. The lowest BCUT2D eigenvalue weighted by atomic mass is 10.1. The van der Waals surface area contributed by atoms with Gasteiger partial charge >= 0.3 is 0 Å². The van der Waals surface area contributed by atoms with Crippen LogP contribution in [0.3, 0.4) is 0 Å². The van der Waals surface area contributed by atoms with E-state index in [9.17, 15) is 14.0 Å². The molecule has 1 fully saturated rings. The van der Waals surface area contributed by atoms with E-state index in [4.69, 9.17) is 10.7 Å². The molecule has 1 aliphatic heterocycles. The molecular formula is C27H28BrFN6O2. The maximum atomic E-state index is 14.6. The minimum Gasteiger partial charge on any atom is -0.341 e. The number of nitrogens with zero attached hydrogens (tertiary/aromatic N) is 5. The van der Waals surface area contributed by atoms with Gasteiger partial charge in [-0.3, -0.25) is 9.59 Å². The van der Waals surface area contributed by atoms with Gasteiger partial charge in [0, 0.05) is 29.2 Å². The first kappa shape index (κ1) is 25.2. The molecule has 0 amide bonds. The lowest BCUT2D eigenvalue weighted by Crippen LogP contribution is -2.44. The van der Waals surface area contributed by atoms with Crippen LogP contribution in [-0.4, -0.2) is 38.0 Å².